The zero-order valence-corrected chi connectivity index (χ0v) is 13.9. The predicted molar refractivity (Wildman–Crippen MR) is 90.3 cm³/mol. The molecule has 0 aromatic carbocycles. The first-order valence-corrected chi connectivity index (χ1v) is 8.15. The van der Waals surface area contributed by atoms with E-state index >= 15 is 0 Å². The van der Waals surface area contributed by atoms with Gasteiger partial charge in [-0.3, -0.25) is 15.1 Å². The number of alkyl halides is 2. The SMILES string of the molecule is O=C(Nc1nncs1)c1ccc(NCc2ccc(OC(F)F)cn2)nc1. The molecule has 8 nitrogen and oxygen atoms in total. The summed E-state index contributed by atoms with van der Waals surface area (Å²) in [6.45, 7) is -2.55. The van der Waals surface area contributed by atoms with Gasteiger partial charge >= 0.3 is 6.61 Å². The van der Waals surface area contributed by atoms with Crippen LogP contribution in [0.25, 0.3) is 0 Å². The fraction of sp³-hybridized carbons (Fsp3) is 0.133. The number of anilines is 2. The van der Waals surface area contributed by atoms with E-state index in [9.17, 15) is 13.6 Å². The van der Waals surface area contributed by atoms with Gasteiger partial charge in [0, 0.05) is 6.20 Å². The van der Waals surface area contributed by atoms with E-state index in [-0.39, 0.29) is 11.7 Å². The highest BCUT2D eigenvalue weighted by molar-refractivity contribution is 7.13. The lowest BCUT2D eigenvalue weighted by Gasteiger charge is -2.07. The molecule has 0 radical (unpaired) electrons. The van der Waals surface area contributed by atoms with Crippen molar-refractivity contribution in [3.63, 3.8) is 0 Å². The van der Waals surface area contributed by atoms with Crippen molar-refractivity contribution in [1.82, 2.24) is 20.2 Å². The number of nitrogens with one attached hydrogen (secondary N) is 2. The maximum absolute atomic E-state index is 12.1. The van der Waals surface area contributed by atoms with Crippen molar-refractivity contribution in [2.75, 3.05) is 10.6 Å². The molecule has 2 N–H and O–H groups in total. The summed E-state index contributed by atoms with van der Waals surface area (Å²) in [5.74, 6) is 0.192. The molecule has 0 aliphatic carbocycles. The summed E-state index contributed by atoms with van der Waals surface area (Å²) in [5.41, 5.74) is 2.50. The number of carbonyl (C=O) groups is 1. The third kappa shape index (κ3) is 4.89. The Balaban J connectivity index is 1.53. The molecule has 0 aliphatic rings. The Morgan fingerprint density at radius 3 is 2.69 bits per heavy atom. The van der Waals surface area contributed by atoms with Crippen LogP contribution < -0.4 is 15.4 Å². The molecule has 11 heteroatoms. The molecular weight excluding hydrogens is 366 g/mol. The van der Waals surface area contributed by atoms with Crippen molar-refractivity contribution in [2.24, 2.45) is 0 Å². The number of rotatable bonds is 7. The lowest BCUT2D eigenvalue weighted by molar-refractivity contribution is -0.0500. The average molecular weight is 378 g/mol. The summed E-state index contributed by atoms with van der Waals surface area (Å²) >= 11 is 1.21. The summed E-state index contributed by atoms with van der Waals surface area (Å²) in [6.07, 6.45) is 2.64. The second kappa shape index (κ2) is 8.25. The molecule has 0 unspecified atom stereocenters. The van der Waals surface area contributed by atoms with Crippen molar-refractivity contribution in [1.29, 1.82) is 0 Å². The molecule has 3 aromatic heterocycles. The largest absolute Gasteiger partial charge is 0.433 e. The van der Waals surface area contributed by atoms with E-state index in [1.165, 1.54) is 35.3 Å². The van der Waals surface area contributed by atoms with Gasteiger partial charge in [-0.25, -0.2) is 4.98 Å². The van der Waals surface area contributed by atoms with Gasteiger partial charge in [-0.1, -0.05) is 11.3 Å². The molecule has 0 aliphatic heterocycles. The summed E-state index contributed by atoms with van der Waals surface area (Å²) in [4.78, 5) is 20.2. The Hall–Kier alpha value is -3.21. The van der Waals surface area contributed by atoms with Gasteiger partial charge in [-0.15, -0.1) is 10.2 Å². The van der Waals surface area contributed by atoms with Gasteiger partial charge in [0.2, 0.25) is 5.13 Å². The first kappa shape index (κ1) is 17.6. The second-order valence-electron chi connectivity index (χ2n) is 4.85. The monoisotopic (exact) mass is 378 g/mol. The summed E-state index contributed by atoms with van der Waals surface area (Å²) in [7, 11) is 0. The van der Waals surface area contributed by atoms with Gasteiger partial charge in [0.05, 0.1) is 24.0 Å². The molecule has 3 aromatic rings. The molecule has 26 heavy (non-hydrogen) atoms. The van der Waals surface area contributed by atoms with Gasteiger partial charge < -0.3 is 10.1 Å². The van der Waals surface area contributed by atoms with Gasteiger partial charge in [0.15, 0.2) is 0 Å². The molecule has 0 saturated carbocycles. The third-order valence-corrected chi connectivity index (χ3v) is 3.69. The molecule has 0 fully saturated rings. The number of pyridine rings is 2. The van der Waals surface area contributed by atoms with Gasteiger partial charge in [0.25, 0.3) is 5.91 Å². The van der Waals surface area contributed by atoms with Crippen molar-refractivity contribution in [3.8, 4) is 5.75 Å². The smallest absolute Gasteiger partial charge is 0.387 e. The molecule has 3 heterocycles. The van der Waals surface area contributed by atoms with E-state index < -0.39 is 6.61 Å². The molecule has 134 valence electrons. The Morgan fingerprint density at radius 2 is 2.08 bits per heavy atom. The second-order valence-corrected chi connectivity index (χ2v) is 5.68. The Labute approximate surface area is 150 Å². The van der Waals surface area contributed by atoms with E-state index in [0.29, 0.717) is 28.8 Å². The Morgan fingerprint density at radius 1 is 1.19 bits per heavy atom. The topological polar surface area (TPSA) is 102 Å². The van der Waals surface area contributed by atoms with Crippen molar-refractivity contribution < 1.29 is 18.3 Å². The first-order chi connectivity index (χ1) is 12.6. The summed E-state index contributed by atoms with van der Waals surface area (Å²) < 4.78 is 28.4. The van der Waals surface area contributed by atoms with Crippen LogP contribution in [-0.2, 0) is 6.54 Å². The number of ether oxygens (including phenoxy) is 1. The molecule has 1 amide bonds. The minimum atomic E-state index is -2.88. The van der Waals surface area contributed by atoms with Gasteiger partial charge in [0.1, 0.15) is 17.1 Å². The van der Waals surface area contributed by atoms with Gasteiger partial charge in [-0.05, 0) is 24.3 Å². The maximum atomic E-state index is 12.1. The third-order valence-electron chi connectivity index (χ3n) is 3.08. The normalized spacial score (nSPS) is 10.6. The summed E-state index contributed by atoms with van der Waals surface area (Å²) in [5, 5.41) is 13.4. The quantitative estimate of drug-likeness (QED) is 0.652. The van der Waals surface area contributed by atoms with Crippen LogP contribution in [0.4, 0.5) is 19.7 Å². The highest BCUT2D eigenvalue weighted by Crippen LogP contribution is 2.14. The maximum Gasteiger partial charge on any atom is 0.387 e. The number of halogens is 2. The van der Waals surface area contributed by atoms with Crippen LogP contribution in [0, 0.1) is 0 Å². The van der Waals surface area contributed by atoms with Crippen molar-refractivity contribution >= 4 is 28.2 Å². The zero-order chi connectivity index (χ0) is 18.4. The highest BCUT2D eigenvalue weighted by atomic mass is 32.1. The molecule has 0 saturated heterocycles. The number of nitrogens with zero attached hydrogens (tertiary/aromatic N) is 4. The Bertz CT molecular complexity index is 844. The van der Waals surface area contributed by atoms with E-state index in [1.807, 2.05) is 0 Å². The van der Waals surface area contributed by atoms with E-state index in [1.54, 1.807) is 18.2 Å². The van der Waals surface area contributed by atoms with E-state index in [4.69, 9.17) is 0 Å². The number of carbonyl (C=O) groups excluding carboxylic acids is 1. The Kier molecular flexibility index (Phi) is 5.59. The fourth-order valence-electron chi connectivity index (χ4n) is 1.90. The van der Waals surface area contributed by atoms with Gasteiger partial charge in [-0.2, -0.15) is 8.78 Å². The first-order valence-electron chi connectivity index (χ1n) is 7.27. The molecule has 0 atom stereocenters. The van der Waals surface area contributed by atoms with Crippen LogP contribution in [0.3, 0.4) is 0 Å². The van der Waals surface area contributed by atoms with Crippen molar-refractivity contribution in [2.45, 2.75) is 13.2 Å². The number of hydrogen-bond donors (Lipinski definition) is 2. The number of hydrogen-bond acceptors (Lipinski definition) is 8. The van der Waals surface area contributed by atoms with Crippen LogP contribution >= 0.6 is 11.3 Å². The van der Waals surface area contributed by atoms with E-state index in [0.717, 1.165) is 0 Å². The summed E-state index contributed by atoms with van der Waals surface area (Å²) in [6, 6.07) is 6.22. The van der Waals surface area contributed by atoms with Crippen LogP contribution in [0.2, 0.25) is 0 Å². The van der Waals surface area contributed by atoms with Crippen LogP contribution in [-0.4, -0.2) is 32.7 Å². The lowest BCUT2D eigenvalue weighted by atomic mass is 10.2. The van der Waals surface area contributed by atoms with Crippen molar-refractivity contribution in [3.05, 3.63) is 53.4 Å². The highest BCUT2D eigenvalue weighted by Gasteiger charge is 2.09. The number of aromatic nitrogens is 4. The molecule has 0 bridgehead atoms. The standard InChI is InChI=1S/C15H12F2N6O2S/c16-14(17)25-11-3-2-10(18-7-11)6-20-12-4-1-9(5-19-12)13(24)22-15-23-21-8-26-15/h1-5,7-8,14H,6H2,(H,19,20)(H,22,23,24). The van der Waals surface area contributed by atoms with Crippen LogP contribution in [0.15, 0.2) is 42.2 Å². The number of amides is 1. The predicted octanol–water partition coefficient (Wildman–Crippen LogP) is 2.79. The van der Waals surface area contributed by atoms with Crippen LogP contribution in [0.1, 0.15) is 16.1 Å². The average Bonchev–Trinajstić information content (AvgIpc) is 3.14. The molecular formula is C15H12F2N6O2S. The minimum Gasteiger partial charge on any atom is -0.433 e. The molecule has 0 spiro atoms. The zero-order valence-electron chi connectivity index (χ0n) is 13.1. The van der Waals surface area contributed by atoms with E-state index in [2.05, 4.69) is 35.5 Å². The molecule has 3 rings (SSSR count). The fourth-order valence-corrected chi connectivity index (χ4v) is 2.34. The lowest BCUT2D eigenvalue weighted by Crippen LogP contribution is -2.12. The minimum absolute atomic E-state index is 0.00679. The van der Waals surface area contributed by atoms with Crippen LogP contribution in [0.5, 0.6) is 5.75 Å².